The predicted octanol–water partition coefficient (Wildman–Crippen LogP) is 13.2. The maximum Gasteiger partial charge on any atom is 1.00 e. The van der Waals surface area contributed by atoms with Gasteiger partial charge in [0, 0.05) is 179 Å². The first-order valence-electron chi connectivity index (χ1n) is 41.5. The summed E-state index contributed by atoms with van der Waals surface area (Å²) in [6.07, 6.45) is 5.03. The molecule has 0 spiro atoms. The molecule has 0 aliphatic carbocycles. The number of hydrogen-bond acceptors (Lipinski definition) is 27. The van der Waals surface area contributed by atoms with Crippen LogP contribution in [0.25, 0.3) is 6.08 Å². The number of hydrogen-bond donors (Lipinski definition) is 3. The van der Waals surface area contributed by atoms with Crippen molar-refractivity contribution >= 4 is 87.6 Å². The van der Waals surface area contributed by atoms with E-state index >= 15 is 0 Å². The van der Waals surface area contributed by atoms with Crippen LogP contribution in [-0.2, 0) is 110 Å². The van der Waals surface area contributed by atoms with Crippen LogP contribution in [0.5, 0.6) is 0 Å². The number of carbonyl (C=O) groups is 12. The van der Waals surface area contributed by atoms with E-state index in [2.05, 4.69) is 203 Å². The van der Waals surface area contributed by atoms with Crippen LogP contribution in [0.3, 0.4) is 0 Å². The van der Waals surface area contributed by atoms with E-state index in [1.165, 1.54) is 54.4 Å². The Hall–Kier alpha value is -14.0. The molecular formula is C102H182N3NaO27S. The minimum atomic E-state index is -4.61. The first kappa shape index (κ1) is 124. The zero-order valence-corrected chi connectivity index (χ0v) is 80.9. The van der Waals surface area contributed by atoms with E-state index in [9.17, 15) is 70.5 Å². The molecule has 0 bridgehead atoms. The number of rotatable bonds is 44. The summed E-state index contributed by atoms with van der Waals surface area (Å²) in [5.41, 5.74) is 5.34. The summed E-state index contributed by atoms with van der Waals surface area (Å²) in [4.78, 5) is 146. The molecule has 0 heterocycles. The fourth-order valence-corrected chi connectivity index (χ4v) is 10.6. The Morgan fingerprint density at radius 3 is 0.970 bits per heavy atom. The Bertz CT molecular complexity index is 5410. The number of aryl methyl sites for hydroxylation is 2. The average molecular weight is 1940 g/mol. The van der Waals surface area contributed by atoms with Gasteiger partial charge in [-0.3, -0.25) is 57.7 Å². The van der Waals surface area contributed by atoms with Crippen molar-refractivity contribution in [2.24, 2.45) is 23.7 Å². The normalized spacial score (nSPS) is 10.5. The Labute approximate surface area is 860 Å². The van der Waals surface area contributed by atoms with E-state index in [-0.39, 0.29) is 238 Å². The van der Waals surface area contributed by atoms with Gasteiger partial charge < -0.3 is 67.4 Å². The van der Waals surface area contributed by atoms with Gasteiger partial charge in [0.05, 0.1) is 67.7 Å². The molecule has 134 heavy (non-hydrogen) atoms. The van der Waals surface area contributed by atoms with Crippen molar-refractivity contribution in [1.29, 1.82) is 0 Å². The summed E-state index contributed by atoms with van der Waals surface area (Å²) in [5.74, 6) is 45.9. The summed E-state index contributed by atoms with van der Waals surface area (Å²) < 4.78 is 78.6. The Balaban J connectivity index is -0.0000000390. The quantitative estimate of drug-likeness (QED) is 0.00692. The molecule has 0 radical (unpaired) electrons. The van der Waals surface area contributed by atoms with Crippen molar-refractivity contribution in [1.82, 2.24) is 14.7 Å². The minimum absolute atomic E-state index is 0. The molecule has 3 N–H and O–H groups in total. The minimum Gasteiger partial charge on any atom is -0.744 e. The molecule has 0 aromatic heterocycles. The van der Waals surface area contributed by atoms with Crippen molar-refractivity contribution in [2.75, 3.05) is 107 Å². The third kappa shape index (κ3) is 64.7. The number of benzene rings is 3. The van der Waals surface area contributed by atoms with Gasteiger partial charge in [0.15, 0.2) is 0 Å². The number of aliphatic hydroxyl groups excluding tert-OH is 3. The molecule has 3 aromatic rings. The van der Waals surface area contributed by atoms with Crippen LogP contribution in [0, 0.1) is 180 Å². The van der Waals surface area contributed by atoms with Crippen molar-refractivity contribution in [3.05, 3.63) is 133 Å². The zero-order valence-electron chi connectivity index (χ0n) is 78.1. The smallest absolute Gasteiger partial charge is 0.744 e. The summed E-state index contributed by atoms with van der Waals surface area (Å²) in [7, 11) is 1.48. The second kappa shape index (κ2) is 78.8. The van der Waals surface area contributed by atoms with E-state index < -0.39 is 99.3 Å². The van der Waals surface area contributed by atoms with Crippen LogP contribution in [-0.4, -0.2) is 222 Å². The third-order valence-electron chi connectivity index (χ3n) is 17.2. The van der Waals surface area contributed by atoms with Gasteiger partial charge in [0.1, 0.15) is 69.6 Å². The molecule has 6 unspecified atom stereocenters. The third-order valence-corrected chi connectivity index (χ3v) is 18.1. The summed E-state index contributed by atoms with van der Waals surface area (Å²) in [6, 6.07) is 26.7. The fourth-order valence-electron chi connectivity index (χ4n) is 10.1. The maximum atomic E-state index is 12.9. The summed E-state index contributed by atoms with van der Waals surface area (Å²) >= 11 is 0. The number of nitrogens with zero attached hydrogens (tertiary/aromatic N) is 3. The van der Waals surface area contributed by atoms with Gasteiger partial charge in [0.2, 0.25) is 17.7 Å². The molecule has 774 valence electrons. The zero-order chi connectivity index (χ0) is 100. The first-order valence-corrected chi connectivity index (χ1v) is 42.9. The van der Waals surface area contributed by atoms with Gasteiger partial charge in [-0.15, -0.1) is 0 Å². The van der Waals surface area contributed by atoms with Crippen molar-refractivity contribution in [3.63, 3.8) is 0 Å². The van der Waals surface area contributed by atoms with Gasteiger partial charge in [0.25, 0.3) is 0 Å². The Kier molecular flexibility index (Phi) is 73.1. The van der Waals surface area contributed by atoms with Gasteiger partial charge in [-0.2, -0.15) is 0 Å². The van der Waals surface area contributed by atoms with Crippen LogP contribution in [0.15, 0.2) is 110 Å². The number of esters is 9. The summed E-state index contributed by atoms with van der Waals surface area (Å²) in [5, 5.41) is 26.3. The first-order chi connectivity index (χ1) is 63.6. The number of carbonyl (C=O) groups excluding carboxylic acids is 12. The molecule has 30 nitrogen and oxygen atoms in total. The Morgan fingerprint density at radius 1 is 0.388 bits per heavy atom. The molecule has 0 aliphatic rings. The molecule has 0 fully saturated rings. The molecule has 0 aliphatic heterocycles. The van der Waals surface area contributed by atoms with Crippen LogP contribution < -0.4 is 29.6 Å². The molecule has 6 atom stereocenters. The second-order valence-electron chi connectivity index (χ2n) is 27.6. The van der Waals surface area contributed by atoms with E-state index in [1.807, 2.05) is 51.1 Å². The molecular weight excluding hydrogens is 1750 g/mol. The molecule has 0 saturated carbocycles. The second-order valence-corrected chi connectivity index (χ2v) is 28.9. The molecule has 3 amide bonds. The van der Waals surface area contributed by atoms with Gasteiger partial charge >= 0.3 is 83.3 Å². The molecule has 0 saturated heterocycles. The maximum absolute atomic E-state index is 12.9. The number of aliphatic hydroxyl groups is 3. The summed E-state index contributed by atoms with van der Waals surface area (Å²) in [6.45, 7) is 22.8. The van der Waals surface area contributed by atoms with Crippen LogP contribution >= 0.6 is 0 Å². The molecule has 3 aromatic carbocycles. The van der Waals surface area contributed by atoms with Gasteiger partial charge in [-0.05, 0) is 166 Å². The monoisotopic (exact) mass is 1940 g/mol. The van der Waals surface area contributed by atoms with Crippen molar-refractivity contribution in [3.8, 4) is 142 Å². The van der Waals surface area contributed by atoms with Crippen LogP contribution in [0.1, 0.15) is 207 Å². The fraction of sp³-hybridized carbons (Fsp3) is 0.412. The van der Waals surface area contributed by atoms with E-state index in [4.69, 9.17) is 48.5 Å². The molecule has 32 heteroatoms. The van der Waals surface area contributed by atoms with Crippen molar-refractivity contribution in [2.45, 2.75) is 149 Å². The standard InChI is InChI=1S/C39H41NO8.C38H39NO11S.C11H17NO5.C9H10.C5H8O3.Na.34H2/c1-6-8-9-10-11-12-13-14-15-16-17-24-40(5)36(42)22-23-37(43)46-27-28-48-38(44)33(7-2)30-35(39(45)47-26-25-41)29-32(4)34-20-18-31(3)19-21-34;1-5-7-8-9-10-11-12-13-14-15-16-23-39(4)35(41)21-22-36(42)48-26-27-50-37(43)31(6-2)29-33(38(44)49-25-24-40)28-30(3)32-17-19-34(20-18-32)51(45,46)47;1-4-10(14)16-7-8-17-11(15)6-5-9(13)12(2)3;1-3-9-6-4-8(2)5-7-9;1-2-5(7)8-4-3-6;;;;;;;;;;;;;;;;;;;;;;;;;;;;;;;;;;;/h18-21,32-33,35,41H,7,22-23,25-30H2,1-5H3;17-20,30-31,33,40H,6,21-22,24-29H2,1-4H3,(H,45,46,47);4H,1,5-8H2,2-3H3;3-7H,1H2,2H3;2,6H,1,3-4H2;;34*1H/q;;;;;+1;;;;;;;;;;;;;;;;;;;;;;;;;;;;;;;;;;/p-1. The van der Waals surface area contributed by atoms with Crippen molar-refractivity contribution < 1.29 is 207 Å². The molecule has 3 rings (SSSR count). The largest absolute Gasteiger partial charge is 1.00 e. The average Bonchev–Trinajstić information content (AvgIpc) is 0.833. The van der Waals surface area contributed by atoms with Gasteiger partial charge in [-0.1, -0.05) is 137 Å². The SMILES string of the molecule is C=CC(=O)OCCO.C=CC(=O)OCCOC(=O)CCC(=O)N(C)C.C=Cc1ccc(C)cc1.CC#CC#CC#CC#CC#CC#CN(C)C(=O)CCC(=O)OCCOC(=O)C(CC)CC(CC(C)c1ccc(C)cc1)C(=O)OCCO.CC#CC#CC#CC#CC#CC#CN(C)C(=O)CCC(=O)OCCOC(=O)C(CC)CC(CC(C)c1ccc(S(=O)(=O)[O-])cc1)C(=O)OCCO.[HH].[HH].[HH].[HH].[HH].[HH].[HH].[HH].[HH].[HH].[HH].[HH].[HH].[HH].[HH].[HH].[HH].[HH].[HH].[HH].[HH].[HH].[HH].[HH].[HH].[HH].[HH].[HH].[HH].[HH].[HH].[HH].[HH].[HH].[Na+]. The number of ether oxygens (including phenoxy) is 9. The Morgan fingerprint density at radius 2 is 0.664 bits per heavy atom. The topological polar surface area (TPSA) is 416 Å². The van der Waals surface area contributed by atoms with E-state index in [0.717, 1.165) is 33.1 Å². The van der Waals surface area contributed by atoms with Crippen LogP contribution in [0.2, 0.25) is 0 Å². The van der Waals surface area contributed by atoms with Crippen LogP contribution in [0.4, 0.5) is 0 Å². The predicted molar refractivity (Wildman–Crippen MR) is 565 cm³/mol. The van der Waals surface area contributed by atoms with Gasteiger partial charge in [-0.25, -0.2) is 18.0 Å². The number of amides is 3. The van der Waals surface area contributed by atoms with E-state index in [0.29, 0.717) is 24.8 Å². The van der Waals surface area contributed by atoms with E-state index in [1.54, 1.807) is 41.8 Å².